The van der Waals surface area contributed by atoms with Crippen molar-refractivity contribution in [3.63, 3.8) is 0 Å². The lowest BCUT2D eigenvalue weighted by atomic mass is 9.88. The van der Waals surface area contributed by atoms with Crippen LogP contribution in [0.4, 0.5) is 0 Å². The number of ketones is 1. The number of hydrogen-bond donors (Lipinski definition) is 22. The molecule has 0 bridgehead atoms. The van der Waals surface area contributed by atoms with Crippen molar-refractivity contribution in [2.45, 2.75) is 203 Å². The minimum atomic E-state index is -2.75. The molecule has 1 unspecified atom stereocenters. The summed E-state index contributed by atoms with van der Waals surface area (Å²) in [5.41, 5.74) is 0. The van der Waals surface area contributed by atoms with E-state index in [9.17, 15) is 113 Å². The van der Waals surface area contributed by atoms with E-state index in [1.54, 1.807) is 13.8 Å². The van der Waals surface area contributed by atoms with Crippen LogP contribution in [0, 0.1) is 11.3 Å². The first kappa shape index (κ1) is 76.6. The third-order valence-electron chi connectivity index (χ3n) is 14.1. The summed E-state index contributed by atoms with van der Waals surface area (Å²) in [7, 11) is 0. The number of aliphatic hydroxyl groups is 8. The fourth-order valence-corrected chi connectivity index (χ4v) is 9.26. The van der Waals surface area contributed by atoms with Crippen LogP contribution in [0.3, 0.4) is 0 Å². The first-order chi connectivity index (χ1) is 42.4. The molecule has 2 aliphatic rings. The number of likely N-dealkylation sites (tertiary alicyclic amines) is 1. The molecule has 0 radical (unpaired) electrons. The molecule has 0 aromatic heterocycles. The molecule has 510 valence electrons. The number of carboxylic acid groups (broad SMARTS) is 2. The van der Waals surface area contributed by atoms with Crippen LogP contribution in [0.15, 0.2) is 0 Å². The summed E-state index contributed by atoms with van der Waals surface area (Å²) in [6.45, 7) is 3.78. The predicted molar refractivity (Wildman–Crippen MR) is 307 cm³/mol. The van der Waals surface area contributed by atoms with E-state index in [0.717, 1.165) is 25.7 Å². The molecule has 37 nitrogen and oxygen atoms in total. The number of ether oxygens (including phenoxy) is 1. The van der Waals surface area contributed by atoms with Gasteiger partial charge in [0.15, 0.2) is 11.7 Å². The second-order valence-corrected chi connectivity index (χ2v) is 22.2. The summed E-state index contributed by atoms with van der Waals surface area (Å²) in [6.07, 6.45) is -12.7. The number of aliphatic hydroxyl groups excluding tert-OH is 7. The Balaban J connectivity index is 2.06. The van der Waals surface area contributed by atoms with Gasteiger partial charge in [0, 0.05) is 40.6 Å². The third kappa shape index (κ3) is 25.7. The Hall–Kier alpha value is -7.62. The highest BCUT2D eigenvalue weighted by Gasteiger charge is 2.50. The minimum Gasteiger partial charge on any atom is -0.481 e. The first-order valence-corrected chi connectivity index (χ1v) is 28.8. The van der Waals surface area contributed by atoms with Crippen LogP contribution in [0.5, 0.6) is 0 Å². The number of nitrogens with zero attached hydrogens (tertiary/aromatic N) is 1. The van der Waals surface area contributed by atoms with E-state index >= 15 is 0 Å². The SMILES string of the molecule is [3H]C(N[C@@H](CCCNC(=N)NC(=O)[C@@H](NC(=O)[C@H](CC(=O)O)NC(=O)[C@@H]1CCCN1C(=O)[C@H](C)NC(=O)[C@H](CO)NC(=O)[C@@H](NC(=O)[C@@H](NC(=O)CNC(=O)CCCC(C)=O)C(C)C)[C@@H](C)O)[C@@H](C)O)C(=O)O)[C@]1(O)C[C@H](O)[C@@H](NC(C)=O)[C@H]([C@H](O)[C@H](O)CO)O1. The topological polar surface area (TPSA) is 593 Å². The fourth-order valence-electron chi connectivity index (χ4n) is 9.26. The number of carboxylic acids is 2. The van der Waals surface area contributed by atoms with E-state index in [4.69, 9.17) is 11.5 Å². The summed E-state index contributed by atoms with van der Waals surface area (Å²) in [6, 6.07) is -14.8. The quantitative estimate of drug-likeness (QED) is 0.0156. The van der Waals surface area contributed by atoms with Crippen molar-refractivity contribution in [1.82, 2.24) is 63.4 Å². The zero-order valence-electron chi connectivity index (χ0n) is 51.8. The van der Waals surface area contributed by atoms with Gasteiger partial charge in [-0.15, -0.1) is 0 Å². The van der Waals surface area contributed by atoms with Gasteiger partial charge in [0.25, 0.3) is 5.91 Å². The summed E-state index contributed by atoms with van der Waals surface area (Å²) >= 11 is 0. The van der Waals surface area contributed by atoms with E-state index < -0.39 is 219 Å². The van der Waals surface area contributed by atoms with Crippen LogP contribution < -0.4 is 58.5 Å². The van der Waals surface area contributed by atoms with E-state index in [0.29, 0.717) is 0 Å². The largest absolute Gasteiger partial charge is 0.481 e. The molecule has 22 N–H and O–H groups in total. The molecule has 0 aromatic rings. The van der Waals surface area contributed by atoms with Crippen molar-refractivity contribution in [3.05, 3.63) is 0 Å². The van der Waals surface area contributed by atoms with Gasteiger partial charge < -0.3 is 113 Å². The lowest BCUT2D eigenvalue weighted by Crippen LogP contribution is -2.67. The standard InChI is InChI=1S/C53H89N13O24/c1-23(2)38(62-36(76)19-56-35(75)14-8-11-24(3)69)47(83)64-39(26(5)70)48(84)61-31(20-67)45(81)58-25(4)50(86)66-16-10-13-32(66)46(82)60-30(17-37(77)78)44(80)63-40(27(6)71)49(85)65-52(54)55-15-9-12-29(51(87)88)57-22-53(89)18-33(73)41(59-28(7)72)43(90-53)42(79)34(74)21-68/h23,25-27,29-34,38-43,57,67-68,70-71,73-74,79,89H,8-22H2,1-7H3,(H,56,75)(H,58,81)(H,59,72)(H,60,82)(H,61,84)(H,62,76)(H,63,80)(H,64,83)(H,77,78)(H,87,88)(H3,54,55,65,85)/t25-,26+,27+,29-,30-,31-,32-,33-,34+,38-,39-,40-,41+,42+,43+,53-/m0/s1/i22T/t22?,25-,26+,27+,29-,30-,31-,32-,33-,34+,38-,39-,40-,41+,42+,43+,53-. The highest BCUT2D eigenvalue weighted by molar-refractivity contribution is 6.02. The molecule has 0 aliphatic carbocycles. The Morgan fingerprint density at radius 1 is 0.711 bits per heavy atom. The molecular weight excluding hydrogens is 1200 g/mol. The maximum Gasteiger partial charge on any atom is 0.320 e. The normalized spacial score (nSPS) is 22.2. The van der Waals surface area contributed by atoms with Gasteiger partial charge in [0.2, 0.25) is 53.2 Å². The van der Waals surface area contributed by atoms with Crippen LogP contribution in [0.2, 0.25) is 0 Å². The van der Waals surface area contributed by atoms with E-state index in [1.165, 1.54) is 13.8 Å². The van der Waals surface area contributed by atoms with Crippen molar-refractivity contribution in [1.29, 1.82) is 5.41 Å². The Kier molecular flexibility index (Phi) is 31.9. The number of rotatable bonds is 37. The van der Waals surface area contributed by atoms with Gasteiger partial charge in [0.1, 0.15) is 72.4 Å². The van der Waals surface area contributed by atoms with Crippen LogP contribution in [0.1, 0.15) is 108 Å². The molecule has 2 aliphatic heterocycles. The molecule has 2 fully saturated rings. The zero-order valence-corrected chi connectivity index (χ0v) is 50.8. The minimum absolute atomic E-state index is 0.0319. The molecule has 90 heavy (non-hydrogen) atoms. The van der Waals surface area contributed by atoms with Gasteiger partial charge in [-0.3, -0.25) is 73.6 Å². The predicted octanol–water partition coefficient (Wildman–Crippen LogP) is -9.81. The van der Waals surface area contributed by atoms with Gasteiger partial charge in [0.05, 0.1) is 57.1 Å². The molecule has 17 atom stereocenters. The number of Topliss-reactive ketones (excluding diaryl/α,β-unsaturated/α-hetero) is 1. The monoisotopic (exact) mass is 1290 g/mol. The van der Waals surface area contributed by atoms with E-state index in [2.05, 4.69) is 53.2 Å². The van der Waals surface area contributed by atoms with E-state index in [-0.39, 0.29) is 63.8 Å². The summed E-state index contributed by atoms with van der Waals surface area (Å²) < 4.78 is 14.0. The maximum absolute atomic E-state index is 13.8. The lowest BCUT2D eigenvalue weighted by Gasteiger charge is -2.46. The van der Waals surface area contributed by atoms with E-state index in [1.807, 2.05) is 5.32 Å². The van der Waals surface area contributed by atoms with Gasteiger partial charge in [-0.1, -0.05) is 13.8 Å². The van der Waals surface area contributed by atoms with Crippen molar-refractivity contribution in [2.24, 2.45) is 5.92 Å². The van der Waals surface area contributed by atoms with Crippen molar-refractivity contribution >= 4 is 82.8 Å². The average Bonchev–Trinajstić information content (AvgIpc) is 1.17. The van der Waals surface area contributed by atoms with Crippen molar-refractivity contribution in [3.8, 4) is 0 Å². The van der Waals surface area contributed by atoms with Crippen LogP contribution in [-0.4, -0.2) is 275 Å². The highest BCUT2D eigenvalue weighted by Crippen LogP contribution is 2.30. The summed E-state index contributed by atoms with van der Waals surface area (Å²) in [5.74, 6) is -17.3. The Morgan fingerprint density at radius 3 is 1.87 bits per heavy atom. The second kappa shape index (κ2) is 37.5. The zero-order chi connectivity index (χ0) is 69.4. The Labute approximate surface area is 518 Å². The molecule has 2 heterocycles. The number of amides is 10. The van der Waals surface area contributed by atoms with Crippen molar-refractivity contribution in [2.75, 3.05) is 39.4 Å². The first-order valence-electron chi connectivity index (χ1n) is 29.4. The highest BCUT2D eigenvalue weighted by atomic mass is 16.6. The Bertz CT molecular complexity index is 2590. The maximum atomic E-state index is 13.8. The van der Waals surface area contributed by atoms with Crippen LogP contribution in [0.25, 0.3) is 0 Å². The van der Waals surface area contributed by atoms with Crippen LogP contribution in [-0.2, 0) is 67.1 Å². The summed E-state index contributed by atoms with van der Waals surface area (Å²) in [4.78, 5) is 167. The molecule has 2 saturated heterocycles. The molecule has 0 spiro atoms. The second-order valence-electron chi connectivity index (χ2n) is 22.2. The number of carbonyl (C=O) groups excluding carboxylic acids is 11. The van der Waals surface area contributed by atoms with Gasteiger partial charge in [-0.05, 0) is 65.7 Å². The fraction of sp³-hybridized carbons (Fsp3) is 0.736. The lowest BCUT2D eigenvalue weighted by molar-refractivity contribution is -0.298. The van der Waals surface area contributed by atoms with Gasteiger partial charge in [-0.2, -0.15) is 0 Å². The number of carbonyl (C=O) groups is 13. The van der Waals surface area contributed by atoms with Crippen LogP contribution >= 0.6 is 0 Å². The molecule has 0 saturated carbocycles. The molecule has 2 rings (SSSR count). The average molecular weight is 1290 g/mol. The smallest absolute Gasteiger partial charge is 0.320 e. The van der Waals surface area contributed by atoms with Gasteiger partial charge >= 0.3 is 11.9 Å². The van der Waals surface area contributed by atoms with Gasteiger partial charge in [-0.25, -0.2) is 0 Å². The number of nitrogens with one attached hydrogen (secondary N) is 12. The molecule has 0 aromatic carbocycles. The number of aliphatic carboxylic acids is 2. The van der Waals surface area contributed by atoms with Crippen molar-refractivity contribution < 1.29 is 120 Å². The molecular formula is C53H89N13O24. The summed E-state index contributed by atoms with van der Waals surface area (Å²) in [5, 5.41) is 136. The number of hydrogen-bond acceptors (Lipinski definition) is 24. The third-order valence-corrected chi connectivity index (χ3v) is 14.1. The Morgan fingerprint density at radius 2 is 1.31 bits per heavy atom. The number of guanidine groups is 1. The molecule has 37 heteroatoms. The molecule has 10 amide bonds.